The third-order valence-corrected chi connectivity index (χ3v) is 3.02. The molecule has 78 valence electrons. The topological polar surface area (TPSA) is 17.1 Å². The number of hydrogen-bond acceptors (Lipinski definition) is 1. The Bertz CT molecular complexity index is 435. The van der Waals surface area contributed by atoms with E-state index in [0.29, 0.717) is 10.6 Å². The van der Waals surface area contributed by atoms with Gasteiger partial charge < -0.3 is 0 Å². The molecule has 0 bridgehead atoms. The van der Waals surface area contributed by atoms with Gasteiger partial charge in [0.25, 0.3) is 0 Å². The number of rotatable bonds is 1. The first-order chi connectivity index (χ1) is 6.94. The molecule has 1 aromatic rings. The van der Waals surface area contributed by atoms with E-state index in [1.165, 1.54) is 0 Å². The minimum absolute atomic E-state index is 0.457. The molecule has 1 aromatic carbocycles. The average molecular weight is 237 g/mol. The van der Waals surface area contributed by atoms with Gasteiger partial charge in [0.2, 0.25) is 0 Å². The van der Waals surface area contributed by atoms with Crippen molar-refractivity contribution in [3.8, 4) is 11.5 Å². The first-order valence-electron chi connectivity index (χ1n) is 4.71. The van der Waals surface area contributed by atoms with Crippen LogP contribution in [0, 0.1) is 11.5 Å². The smallest absolute Gasteiger partial charge is 0.151 e. The summed E-state index contributed by atoms with van der Waals surface area (Å²) in [4.78, 5) is 10.7. The molecule has 15 heavy (non-hydrogen) atoms. The van der Waals surface area contributed by atoms with E-state index in [2.05, 4.69) is 31.1 Å². The maximum atomic E-state index is 10.7. The monoisotopic (exact) mass is 236 g/mol. The van der Waals surface area contributed by atoms with E-state index in [1.54, 1.807) is 12.1 Å². The molecule has 0 atom stereocenters. The first-order valence-corrected chi connectivity index (χ1v) is 8.59. The van der Waals surface area contributed by atoms with Crippen molar-refractivity contribution in [1.82, 2.24) is 0 Å². The lowest BCUT2D eigenvalue weighted by molar-refractivity contribution is 0.112. The molecule has 0 fully saturated rings. The Hall–Kier alpha value is -1.04. The molecule has 0 aliphatic carbocycles. The minimum atomic E-state index is -1.40. The molecular weight excluding hydrogens is 224 g/mol. The summed E-state index contributed by atoms with van der Waals surface area (Å²) in [6.45, 7) is 6.49. The van der Waals surface area contributed by atoms with Crippen LogP contribution in [-0.4, -0.2) is 14.4 Å². The summed E-state index contributed by atoms with van der Waals surface area (Å²) in [6, 6.07) is 5.32. The highest BCUT2D eigenvalue weighted by Gasteiger charge is 2.08. The van der Waals surface area contributed by atoms with Crippen molar-refractivity contribution in [1.29, 1.82) is 0 Å². The van der Waals surface area contributed by atoms with E-state index in [0.717, 1.165) is 11.8 Å². The van der Waals surface area contributed by atoms with Crippen LogP contribution in [0.2, 0.25) is 24.7 Å². The third kappa shape index (κ3) is 3.54. The zero-order valence-electron chi connectivity index (χ0n) is 9.10. The van der Waals surface area contributed by atoms with E-state index in [9.17, 15) is 4.79 Å². The van der Waals surface area contributed by atoms with Crippen LogP contribution < -0.4 is 0 Å². The summed E-state index contributed by atoms with van der Waals surface area (Å²) in [5.74, 6) is 3.05. The Morgan fingerprint density at radius 2 is 2.00 bits per heavy atom. The second kappa shape index (κ2) is 4.65. The van der Waals surface area contributed by atoms with Gasteiger partial charge in [-0.3, -0.25) is 4.79 Å². The number of aldehydes is 1. The lowest BCUT2D eigenvalue weighted by atomic mass is 10.1. The molecule has 0 unspecified atom stereocenters. The molecular formula is C12H13ClOSi. The Kier molecular flexibility index (Phi) is 3.73. The van der Waals surface area contributed by atoms with Crippen molar-refractivity contribution in [3.63, 3.8) is 0 Å². The highest BCUT2D eigenvalue weighted by Crippen LogP contribution is 2.18. The van der Waals surface area contributed by atoms with Gasteiger partial charge in [-0.15, -0.1) is 5.54 Å². The molecule has 0 heterocycles. The van der Waals surface area contributed by atoms with Crippen LogP contribution in [0.4, 0.5) is 0 Å². The maximum Gasteiger partial charge on any atom is 0.151 e. The van der Waals surface area contributed by atoms with Gasteiger partial charge in [-0.2, -0.15) is 0 Å². The Balaban J connectivity index is 3.15. The number of hydrogen-bond donors (Lipinski definition) is 0. The van der Waals surface area contributed by atoms with Gasteiger partial charge in [0.15, 0.2) is 6.29 Å². The summed E-state index contributed by atoms with van der Waals surface area (Å²) in [7, 11) is -1.40. The highest BCUT2D eigenvalue weighted by molar-refractivity contribution is 6.83. The number of halogens is 1. The van der Waals surface area contributed by atoms with E-state index in [1.807, 2.05) is 6.07 Å². The predicted molar refractivity (Wildman–Crippen MR) is 67.1 cm³/mol. The quantitative estimate of drug-likeness (QED) is 0.415. The van der Waals surface area contributed by atoms with Crippen LogP contribution in [0.15, 0.2) is 18.2 Å². The Labute approximate surface area is 96.5 Å². The minimum Gasteiger partial charge on any atom is -0.298 e. The van der Waals surface area contributed by atoms with E-state index < -0.39 is 8.07 Å². The SMILES string of the molecule is C[Si](C)(C)C#Cc1cccc(C=O)c1Cl. The molecule has 0 aliphatic rings. The molecule has 3 heteroatoms. The normalized spacial score (nSPS) is 10.4. The van der Waals surface area contributed by atoms with Crippen LogP contribution in [0.25, 0.3) is 0 Å². The standard InChI is InChI=1S/C12H13ClOSi/c1-15(2,3)8-7-10-5-4-6-11(9-14)12(10)13/h4-6,9H,1-3H3. The molecule has 1 rings (SSSR count). The number of carbonyl (C=O) groups excluding carboxylic acids is 1. The first kappa shape index (κ1) is 12.0. The van der Waals surface area contributed by atoms with Crippen molar-refractivity contribution >= 4 is 26.0 Å². The van der Waals surface area contributed by atoms with Crippen LogP contribution in [0.5, 0.6) is 0 Å². The van der Waals surface area contributed by atoms with Gasteiger partial charge in [0, 0.05) is 11.1 Å². The molecule has 1 nitrogen and oxygen atoms in total. The number of carbonyl (C=O) groups is 1. The van der Waals surface area contributed by atoms with Crippen molar-refractivity contribution in [2.75, 3.05) is 0 Å². The lowest BCUT2D eigenvalue weighted by Gasteiger charge is -2.04. The van der Waals surface area contributed by atoms with Crippen molar-refractivity contribution < 1.29 is 4.79 Å². The fraction of sp³-hybridized carbons (Fsp3) is 0.250. The summed E-state index contributed by atoms with van der Waals surface area (Å²) < 4.78 is 0. The van der Waals surface area contributed by atoms with Crippen LogP contribution in [0.1, 0.15) is 15.9 Å². The molecule has 0 amide bonds. The second-order valence-corrected chi connectivity index (χ2v) is 9.45. The van der Waals surface area contributed by atoms with Gasteiger partial charge in [-0.25, -0.2) is 0 Å². The van der Waals surface area contributed by atoms with Gasteiger partial charge in [0.05, 0.1) is 5.02 Å². The number of benzene rings is 1. The molecule has 0 N–H and O–H groups in total. The molecule has 0 saturated heterocycles. The second-order valence-electron chi connectivity index (χ2n) is 4.33. The maximum absolute atomic E-state index is 10.7. The van der Waals surface area contributed by atoms with Crippen molar-refractivity contribution in [3.05, 3.63) is 34.3 Å². The Morgan fingerprint density at radius 1 is 1.33 bits per heavy atom. The molecule has 0 saturated carbocycles. The third-order valence-electron chi connectivity index (χ3n) is 1.73. The lowest BCUT2D eigenvalue weighted by Crippen LogP contribution is -2.16. The van der Waals surface area contributed by atoms with Crippen molar-refractivity contribution in [2.45, 2.75) is 19.6 Å². The largest absolute Gasteiger partial charge is 0.298 e. The van der Waals surface area contributed by atoms with Gasteiger partial charge in [-0.1, -0.05) is 49.3 Å². The molecule has 0 radical (unpaired) electrons. The molecule has 0 spiro atoms. The molecule has 0 aliphatic heterocycles. The zero-order chi connectivity index (χ0) is 11.5. The van der Waals surface area contributed by atoms with Gasteiger partial charge >= 0.3 is 0 Å². The zero-order valence-corrected chi connectivity index (χ0v) is 10.9. The summed E-state index contributed by atoms with van der Waals surface area (Å²) in [6.07, 6.45) is 0.752. The fourth-order valence-corrected chi connectivity index (χ4v) is 1.72. The fourth-order valence-electron chi connectivity index (χ4n) is 0.992. The van der Waals surface area contributed by atoms with E-state index in [-0.39, 0.29) is 0 Å². The van der Waals surface area contributed by atoms with Gasteiger partial charge in [0.1, 0.15) is 8.07 Å². The highest BCUT2D eigenvalue weighted by atomic mass is 35.5. The van der Waals surface area contributed by atoms with Crippen molar-refractivity contribution in [2.24, 2.45) is 0 Å². The van der Waals surface area contributed by atoms with Gasteiger partial charge in [-0.05, 0) is 6.07 Å². The van der Waals surface area contributed by atoms with Crippen LogP contribution in [0.3, 0.4) is 0 Å². The summed E-state index contributed by atoms with van der Waals surface area (Å²) in [5, 5.41) is 0.457. The van der Waals surface area contributed by atoms with Crippen LogP contribution in [-0.2, 0) is 0 Å². The predicted octanol–water partition coefficient (Wildman–Crippen LogP) is 3.38. The Morgan fingerprint density at radius 3 is 2.53 bits per heavy atom. The van der Waals surface area contributed by atoms with E-state index >= 15 is 0 Å². The summed E-state index contributed by atoms with van der Waals surface area (Å²) >= 11 is 6.02. The average Bonchev–Trinajstić information content (AvgIpc) is 2.15. The summed E-state index contributed by atoms with van der Waals surface area (Å²) in [5.41, 5.74) is 4.46. The van der Waals surface area contributed by atoms with E-state index in [4.69, 9.17) is 11.6 Å². The van der Waals surface area contributed by atoms with Crippen LogP contribution >= 0.6 is 11.6 Å². The molecule has 0 aromatic heterocycles.